The molecule has 1 aromatic carbocycles. The number of hydrogen-bond donors (Lipinski definition) is 2. The Hall–Kier alpha value is -1.97. The maximum Gasteiger partial charge on any atom is 0.417 e. The van der Waals surface area contributed by atoms with Gasteiger partial charge in [0.25, 0.3) is 5.91 Å². The molecule has 0 bridgehead atoms. The molecule has 0 aliphatic heterocycles. The van der Waals surface area contributed by atoms with E-state index in [1.54, 1.807) is 0 Å². The first-order valence-electron chi connectivity index (χ1n) is 9.26. The number of halogens is 7. The second kappa shape index (κ2) is 8.88. The highest BCUT2D eigenvalue weighted by Gasteiger charge is 2.43. The van der Waals surface area contributed by atoms with Crippen molar-refractivity contribution in [1.29, 1.82) is 0 Å². The number of alkyl halides is 4. The smallest absolute Gasteiger partial charge is 0.387 e. The number of benzene rings is 1. The Kier molecular flexibility index (Phi) is 6.78. The van der Waals surface area contributed by atoms with Crippen molar-refractivity contribution in [2.24, 2.45) is 0 Å². The van der Waals surface area contributed by atoms with Gasteiger partial charge in [-0.25, -0.2) is 13.8 Å². The minimum atomic E-state index is -4.77. The highest BCUT2D eigenvalue weighted by Crippen LogP contribution is 2.42. The second-order valence-corrected chi connectivity index (χ2v) is 8.12. The van der Waals surface area contributed by atoms with Crippen LogP contribution in [0.2, 0.25) is 10.2 Å². The molecule has 3 rings (SSSR count). The standard InChI is InChI=1S/C20H17Cl2F5N2O2/c21-15-12(2-1-3-14(15)24)16(19(31)6-4-11(23)5-7-19)29-18(30)13-8-10(20(25,26)27)9-28-17(13)22/h1-3,8-9,11,16,31H,4-7H2,(H,29,30). The third-order valence-corrected chi connectivity index (χ3v) is 6.00. The van der Waals surface area contributed by atoms with Crippen LogP contribution >= 0.6 is 23.2 Å². The Labute approximate surface area is 184 Å². The van der Waals surface area contributed by atoms with E-state index in [1.165, 1.54) is 12.1 Å². The monoisotopic (exact) mass is 482 g/mol. The highest BCUT2D eigenvalue weighted by molar-refractivity contribution is 6.33. The average Bonchev–Trinajstić information content (AvgIpc) is 2.70. The topological polar surface area (TPSA) is 62.2 Å². The van der Waals surface area contributed by atoms with Crippen LogP contribution in [0.1, 0.15) is 53.2 Å². The summed E-state index contributed by atoms with van der Waals surface area (Å²) < 4.78 is 66.8. The molecule has 1 aromatic heterocycles. The van der Waals surface area contributed by atoms with Crippen LogP contribution in [0.15, 0.2) is 30.5 Å². The van der Waals surface area contributed by atoms with Gasteiger partial charge < -0.3 is 10.4 Å². The van der Waals surface area contributed by atoms with Crippen LogP contribution in [0.5, 0.6) is 0 Å². The minimum Gasteiger partial charge on any atom is -0.387 e. The summed E-state index contributed by atoms with van der Waals surface area (Å²) in [7, 11) is 0. The zero-order valence-corrected chi connectivity index (χ0v) is 17.3. The molecule has 1 heterocycles. The number of aromatic nitrogens is 1. The maximum atomic E-state index is 14.1. The lowest BCUT2D eigenvalue weighted by molar-refractivity contribution is -0.137. The predicted octanol–water partition coefficient (Wildman–Crippen LogP) is 5.66. The number of rotatable bonds is 4. The summed E-state index contributed by atoms with van der Waals surface area (Å²) in [6, 6.07) is 2.93. The van der Waals surface area contributed by atoms with Gasteiger partial charge in [0.1, 0.15) is 17.1 Å². The third kappa shape index (κ3) is 5.10. The lowest BCUT2D eigenvalue weighted by Crippen LogP contribution is -2.48. The van der Waals surface area contributed by atoms with Crippen LogP contribution < -0.4 is 5.32 Å². The van der Waals surface area contributed by atoms with Crippen molar-refractivity contribution in [1.82, 2.24) is 10.3 Å². The van der Waals surface area contributed by atoms with E-state index in [1.807, 2.05) is 0 Å². The van der Waals surface area contributed by atoms with Gasteiger partial charge in [-0.2, -0.15) is 13.2 Å². The minimum absolute atomic E-state index is 0.00545. The highest BCUT2D eigenvalue weighted by atomic mass is 35.5. The lowest BCUT2D eigenvalue weighted by Gasteiger charge is -2.41. The molecule has 0 spiro atoms. The molecule has 1 atom stereocenters. The van der Waals surface area contributed by atoms with E-state index in [-0.39, 0.29) is 36.3 Å². The summed E-state index contributed by atoms with van der Waals surface area (Å²) in [5.74, 6) is -1.90. The summed E-state index contributed by atoms with van der Waals surface area (Å²) in [6.45, 7) is 0. The van der Waals surface area contributed by atoms with E-state index in [9.17, 15) is 31.9 Å². The molecule has 2 N–H and O–H groups in total. The zero-order chi connectivity index (χ0) is 23.0. The van der Waals surface area contributed by atoms with Crippen LogP contribution in [0.4, 0.5) is 22.0 Å². The lowest BCUT2D eigenvalue weighted by atomic mass is 9.76. The van der Waals surface area contributed by atoms with E-state index in [4.69, 9.17) is 23.2 Å². The van der Waals surface area contributed by atoms with Crippen molar-refractivity contribution in [3.05, 3.63) is 63.1 Å². The number of aliphatic hydroxyl groups is 1. The molecule has 2 aromatic rings. The Morgan fingerprint density at radius 1 is 1.26 bits per heavy atom. The van der Waals surface area contributed by atoms with Gasteiger partial charge in [-0.1, -0.05) is 35.3 Å². The number of amides is 1. The fraction of sp³-hybridized carbons (Fsp3) is 0.400. The average molecular weight is 483 g/mol. The second-order valence-electron chi connectivity index (χ2n) is 7.39. The first-order chi connectivity index (χ1) is 14.4. The Bertz CT molecular complexity index is 979. The summed E-state index contributed by atoms with van der Waals surface area (Å²) in [6.07, 6.45) is -5.63. The SMILES string of the molecule is O=C(NC(c1cccc(F)c1Cl)C1(O)CCC(F)CC1)c1cc(C(F)(F)F)cnc1Cl. The summed E-state index contributed by atoms with van der Waals surface area (Å²) in [4.78, 5) is 16.3. The molecule has 1 fully saturated rings. The van der Waals surface area contributed by atoms with Gasteiger partial charge in [-0.05, 0) is 43.4 Å². The zero-order valence-electron chi connectivity index (χ0n) is 15.8. The van der Waals surface area contributed by atoms with Gasteiger partial charge in [0, 0.05) is 6.20 Å². The van der Waals surface area contributed by atoms with Crippen molar-refractivity contribution < 1.29 is 31.9 Å². The van der Waals surface area contributed by atoms with Crippen molar-refractivity contribution >= 4 is 29.1 Å². The van der Waals surface area contributed by atoms with Crippen LogP contribution in [-0.2, 0) is 6.18 Å². The van der Waals surface area contributed by atoms with Gasteiger partial charge in [-0.15, -0.1) is 0 Å². The fourth-order valence-electron chi connectivity index (χ4n) is 3.59. The molecule has 1 aliphatic rings. The first-order valence-corrected chi connectivity index (χ1v) is 10.0. The van der Waals surface area contributed by atoms with Gasteiger partial charge in [-0.3, -0.25) is 4.79 Å². The molecule has 4 nitrogen and oxygen atoms in total. The van der Waals surface area contributed by atoms with Crippen molar-refractivity contribution in [3.63, 3.8) is 0 Å². The molecule has 0 radical (unpaired) electrons. The molecule has 1 aliphatic carbocycles. The van der Waals surface area contributed by atoms with Gasteiger partial charge in [0.15, 0.2) is 0 Å². The van der Waals surface area contributed by atoms with Crippen LogP contribution in [0, 0.1) is 5.82 Å². The summed E-state index contributed by atoms with van der Waals surface area (Å²) >= 11 is 11.9. The normalized spacial score (nSPS) is 22.8. The first kappa shape index (κ1) is 23.7. The van der Waals surface area contributed by atoms with Crippen molar-refractivity contribution in [3.8, 4) is 0 Å². The largest absolute Gasteiger partial charge is 0.417 e. The molecule has 0 saturated heterocycles. The van der Waals surface area contributed by atoms with Gasteiger partial charge >= 0.3 is 6.18 Å². The number of pyridine rings is 1. The quantitative estimate of drug-likeness (QED) is 0.436. The third-order valence-electron chi connectivity index (χ3n) is 5.30. The Morgan fingerprint density at radius 2 is 1.90 bits per heavy atom. The van der Waals surface area contributed by atoms with E-state index in [0.29, 0.717) is 12.3 Å². The summed E-state index contributed by atoms with van der Waals surface area (Å²) in [5, 5.41) is 12.7. The van der Waals surface area contributed by atoms with E-state index >= 15 is 0 Å². The molecular formula is C20H17Cl2F5N2O2. The Balaban J connectivity index is 2.01. The predicted molar refractivity (Wildman–Crippen MR) is 104 cm³/mol. The van der Waals surface area contributed by atoms with Gasteiger partial charge in [0.05, 0.1) is 27.8 Å². The molecule has 1 unspecified atom stereocenters. The number of nitrogens with one attached hydrogen (secondary N) is 1. The van der Waals surface area contributed by atoms with Crippen LogP contribution in [0.3, 0.4) is 0 Å². The molecule has 1 saturated carbocycles. The number of carbonyl (C=O) groups is 1. The van der Waals surface area contributed by atoms with E-state index in [0.717, 1.165) is 6.07 Å². The molecule has 168 valence electrons. The van der Waals surface area contributed by atoms with E-state index in [2.05, 4.69) is 10.3 Å². The van der Waals surface area contributed by atoms with E-state index < -0.39 is 52.0 Å². The molecular weight excluding hydrogens is 466 g/mol. The van der Waals surface area contributed by atoms with Crippen LogP contribution in [0.25, 0.3) is 0 Å². The Morgan fingerprint density at radius 3 is 2.52 bits per heavy atom. The fourth-order valence-corrected chi connectivity index (χ4v) is 4.01. The number of hydrogen-bond acceptors (Lipinski definition) is 3. The molecule has 31 heavy (non-hydrogen) atoms. The maximum absolute atomic E-state index is 14.1. The summed E-state index contributed by atoms with van der Waals surface area (Å²) in [5.41, 5.74) is -3.49. The van der Waals surface area contributed by atoms with Gasteiger partial charge in [0.2, 0.25) is 0 Å². The number of carbonyl (C=O) groups excluding carboxylic acids is 1. The number of nitrogens with zero attached hydrogens (tertiary/aromatic N) is 1. The molecule has 1 amide bonds. The molecule has 11 heteroatoms. The van der Waals surface area contributed by atoms with Crippen molar-refractivity contribution in [2.75, 3.05) is 0 Å². The van der Waals surface area contributed by atoms with Crippen molar-refractivity contribution in [2.45, 2.75) is 49.7 Å². The van der Waals surface area contributed by atoms with Crippen LogP contribution in [-0.4, -0.2) is 27.8 Å².